The number of fused-ring (bicyclic) bond motifs is 1. The normalized spacial score (nSPS) is 24.7. The summed E-state index contributed by atoms with van der Waals surface area (Å²) < 4.78 is 40.0. The maximum Gasteiger partial charge on any atom is 0.573 e. The number of anilines is 1. The Hall–Kier alpha value is -1.47. The van der Waals surface area contributed by atoms with E-state index in [1.807, 2.05) is 0 Å². The Labute approximate surface area is 125 Å². The molecule has 2 saturated heterocycles. The molecule has 2 aliphatic heterocycles. The van der Waals surface area contributed by atoms with Crippen molar-refractivity contribution in [1.82, 2.24) is 5.32 Å². The van der Waals surface area contributed by atoms with E-state index in [2.05, 4.69) is 10.1 Å². The maximum atomic E-state index is 12.2. The highest BCUT2D eigenvalue weighted by molar-refractivity contribution is 5.98. The molecule has 0 spiro atoms. The number of ether oxygens (including phenoxy) is 1. The number of nitrogens with one attached hydrogen (secondary N) is 1. The number of halogens is 4. The molecular weight excluding hydrogens is 309 g/mol. The van der Waals surface area contributed by atoms with E-state index in [0.717, 1.165) is 6.54 Å². The SMILES string of the molecule is Cl.O=C1C2CNCC2CN1c1ccc(OC(F)(F)F)cc1. The second-order valence-corrected chi connectivity index (χ2v) is 5.02. The van der Waals surface area contributed by atoms with Gasteiger partial charge in [0.25, 0.3) is 0 Å². The van der Waals surface area contributed by atoms with Crippen molar-refractivity contribution in [2.24, 2.45) is 11.8 Å². The van der Waals surface area contributed by atoms with Crippen LogP contribution in [0, 0.1) is 11.8 Å². The molecule has 116 valence electrons. The molecule has 3 rings (SSSR count). The molecule has 0 bridgehead atoms. The number of hydrogen-bond donors (Lipinski definition) is 1. The lowest BCUT2D eigenvalue weighted by molar-refractivity contribution is -0.274. The van der Waals surface area contributed by atoms with Gasteiger partial charge in [0.1, 0.15) is 5.75 Å². The predicted molar refractivity (Wildman–Crippen MR) is 72.6 cm³/mol. The Morgan fingerprint density at radius 3 is 2.43 bits per heavy atom. The van der Waals surface area contributed by atoms with Crippen LogP contribution >= 0.6 is 12.4 Å². The van der Waals surface area contributed by atoms with Crippen LogP contribution in [0.4, 0.5) is 18.9 Å². The Morgan fingerprint density at radius 2 is 1.86 bits per heavy atom. The van der Waals surface area contributed by atoms with Gasteiger partial charge < -0.3 is 15.0 Å². The summed E-state index contributed by atoms with van der Waals surface area (Å²) >= 11 is 0. The van der Waals surface area contributed by atoms with Crippen LogP contribution in [-0.4, -0.2) is 31.9 Å². The highest BCUT2D eigenvalue weighted by Gasteiger charge is 2.43. The molecule has 0 aromatic heterocycles. The Bertz CT molecular complexity index is 521. The van der Waals surface area contributed by atoms with E-state index < -0.39 is 6.36 Å². The van der Waals surface area contributed by atoms with Crippen LogP contribution in [0.25, 0.3) is 0 Å². The summed E-state index contributed by atoms with van der Waals surface area (Å²) in [5.74, 6) is 0.0222. The van der Waals surface area contributed by atoms with Gasteiger partial charge in [-0.3, -0.25) is 4.79 Å². The van der Waals surface area contributed by atoms with Crippen molar-refractivity contribution in [2.45, 2.75) is 6.36 Å². The monoisotopic (exact) mass is 322 g/mol. The molecular formula is C13H14ClF3N2O2. The van der Waals surface area contributed by atoms with Crippen LogP contribution in [-0.2, 0) is 4.79 Å². The van der Waals surface area contributed by atoms with Crippen LogP contribution in [0.5, 0.6) is 5.75 Å². The molecule has 2 atom stereocenters. The summed E-state index contributed by atoms with van der Waals surface area (Å²) in [7, 11) is 0. The number of rotatable bonds is 2. The average Bonchev–Trinajstić information content (AvgIpc) is 2.92. The molecule has 1 amide bonds. The predicted octanol–water partition coefficient (Wildman–Crippen LogP) is 2.19. The van der Waals surface area contributed by atoms with Gasteiger partial charge >= 0.3 is 6.36 Å². The Kier molecular flexibility index (Phi) is 4.34. The first-order chi connectivity index (χ1) is 9.44. The van der Waals surface area contributed by atoms with Crippen LogP contribution in [0.2, 0.25) is 0 Å². The molecule has 1 aromatic rings. The number of carbonyl (C=O) groups excluding carboxylic acids is 1. The van der Waals surface area contributed by atoms with E-state index in [1.54, 1.807) is 4.90 Å². The number of hydrogen-bond acceptors (Lipinski definition) is 3. The van der Waals surface area contributed by atoms with E-state index in [9.17, 15) is 18.0 Å². The molecule has 0 aliphatic carbocycles. The van der Waals surface area contributed by atoms with Crippen molar-refractivity contribution in [1.29, 1.82) is 0 Å². The Morgan fingerprint density at radius 1 is 1.19 bits per heavy atom. The van der Waals surface area contributed by atoms with Crippen LogP contribution in [0.15, 0.2) is 24.3 Å². The van der Waals surface area contributed by atoms with Crippen LogP contribution in [0.3, 0.4) is 0 Å². The third-order valence-corrected chi connectivity index (χ3v) is 3.72. The van der Waals surface area contributed by atoms with Gasteiger partial charge in [0.05, 0.1) is 5.92 Å². The highest BCUT2D eigenvalue weighted by Crippen LogP contribution is 2.33. The molecule has 8 heteroatoms. The van der Waals surface area contributed by atoms with Gasteiger partial charge in [0.2, 0.25) is 5.91 Å². The lowest BCUT2D eigenvalue weighted by Crippen LogP contribution is -2.30. The van der Waals surface area contributed by atoms with Gasteiger partial charge in [-0.25, -0.2) is 0 Å². The third kappa shape index (κ3) is 3.24. The quantitative estimate of drug-likeness (QED) is 0.907. The van der Waals surface area contributed by atoms with Gasteiger partial charge in [0.15, 0.2) is 0 Å². The number of alkyl halides is 3. The highest BCUT2D eigenvalue weighted by atomic mass is 35.5. The lowest BCUT2D eigenvalue weighted by Gasteiger charge is -2.18. The zero-order valence-corrected chi connectivity index (χ0v) is 11.7. The molecule has 2 heterocycles. The van der Waals surface area contributed by atoms with Crippen molar-refractivity contribution >= 4 is 24.0 Å². The van der Waals surface area contributed by atoms with Crippen molar-refractivity contribution in [3.05, 3.63) is 24.3 Å². The second-order valence-electron chi connectivity index (χ2n) is 5.02. The van der Waals surface area contributed by atoms with Crippen molar-refractivity contribution in [3.8, 4) is 5.75 Å². The number of amides is 1. The lowest BCUT2D eigenvalue weighted by atomic mass is 10.0. The first-order valence-electron chi connectivity index (χ1n) is 6.32. The van der Waals surface area contributed by atoms with Crippen LogP contribution in [0.1, 0.15) is 0 Å². The molecule has 0 saturated carbocycles. The standard InChI is InChI=1S/C13H13F3N2O2.ClH/c14-13(15,16)20-10-3-1-9(2-4-10)18-7-8-5-17-6-11(8)12(18)19;/h1-4,8,11,17H,5-7H2;1H. The first-order valence-corrected chi connectivity index (χ1v) is 6.32. The minimum atomic E-state index is -4.70. The van der Waals surface area contributed by atoms with Gasteiger partial charge in [-0.1, -0.05) is 0 Å². The number of benzene rings is 1. The van der Waals surface area contributed by atoms with Crippen molar-refractivity contribution in [3.63, 3.8) is 0 Å². The maximum absolute atomic E-state index is 12.2. The molecule has 2 fully saturated rings. The van der Waals surface area contributed by atoms with Gasteiger partial charge in [-0.15, -0.1) is 25.6 Å². The summed E-state index contributed by atoms with van der Waals surface area (Å²) in [4.78, 5) is 13.8. The summed E-state index contributed by atoms with van der Waals surface area (Å²) in [5.41, 5.74) is 0.610. The fourth-order valence-corrected chi connectivity index (χ4v) is 2.80. The first kappa shape index (κ1) is 15.9. The smallest absolute Gasteiger partial charge is 0.406 e. The van der Waals surface area contributed by atoms with E-state index in [1.165, 1.54) is 24.3 Å². The molecule has 1 N–H and O–H groups in total. The molecule has 2 unspecified atom stereocenters. The van der Waals surface area contributed by atoms with Crippen molar-refractivity contribution < 1.29 is 22.7 Å². The van der Waals surface area contributed by atoms with Gasteiger partial charge in [-0.2, -0.15) is 0 Å². The zero-order chi connectivity index (χ0) is 14.3. The number of carbonyl (C=O) groups is 1. The number of nitrogens with zero attached hydrogens (tertiary/aromatic N) is 1. The van der Waals surface area contributed by atoms with Crippen molar-refractivity contribution in [2.75, 3.05) is 24.5 Å². The molecule has 0 radical (unpaired) electrons. The summed E-state index contributed by atoms with van der Waals surface area (Å²) in [6, 6.07) is 5.41. The second kappa shape index (κ2) is 5.73. The van der Waals surface area contributed by atoms with Gasteiger partial charge in [-0.05, 0) is 24.3 Å². The summed E-state index contributed by atoms with van der Waals surface area (Å²) in [6.07, 6.45) is -4.70. The summed E-state index contributed by atoms with van der Waals surface area (Å²) in [5, 5.41) is 3.17. The summed E-state index contributed by atoms with van der Waals surface area (Å²) in [6.45, 7) is 2.09. The fourth-order valence-electron chi connectivity index (χ4n) is 2.80. The average molecular weight is 323 g/mol. The van der Waals surface area contributed by atoms with Crippen LogP contribution < -0.4 is 15.0 Å². The molecule has 4 nitrogen and oxygen atoms in total. The van der Waals surface area contributed by atoms with E-state index >= 15 is 0 Å². The van der Waals surface area contributed by atoms with E-state index in [4.69, 9.17) is 0 Å². The molecule has 2 aliphatic rings. The van der Waals surface area contributed by atoms with E-state index in [-0.39, 0.29) is 35.9 Å². The minimum Gasteiger partial charge on any atom is -0.406 e. The van der Waals surface area contributed by atoms with E-state index in [0.29, 0.717) is 18.8 Å². The minimum absolute atomic E-state index is 0. The fraction of sp³-hybridized carbons (Fsp3) is 0.462. The zero-order valence-electron chi connectivity index (χ0n) is 10.9. The van der Waals surface area contributed by atoms with Gasteiger partial charge in [0, 0.05) is 31.2 Å². The topological polar surface area (TPSA) is 41.6 Å². The molecule has 21 heavy (non-hydrogen) atoms. The third-order valence-electron chi connectivity index (χ3n) is 3.72. The molecule has 1 aromatic carbocycles. The largest absolute Gasteiger partial charge is 0.573 e. The Balaban J connectivity index is 0.00000161.